The first kappa shape index (κ1) is 28.1. The highest BCUT2D eigenvalue weighted by Gasteiger charge is 2.29. The van der Waals surface area contributed by atoms with E-state index in [1.165, 1.54) is 64.2 Å². The molecule has 1 aromatic carbocycles. The van der Waals surface area contributed by atoms with Crippen LogP contribution in [0.5, 0.6) is 5.75 Å². The molecule has 178 valence electrons. The van der Waals surface area contributed by atoms with E-state index in [1.54, 1.807) is 24.3 Å². The van der Waals surface area contributed by atoms with E-state index in [1.807, 2.05) is 12.1 Å². The fraction of sp³-hybridized carbons (Fsp3) is 0.680. The van der Waals surface area contributed by atoms with Crippen LogP contribution in [0.1, 0.15) is 77.6 Å². The van der Waals surface area contributed by atoms with Crippen molar-refractivity contribution in [1.82, 2.24) is 0 Å². The predicted octanol–water partition coefficient (Wildman–Crippen LogP) is 6.06. The van der Waals surface area contributed by atoms with Crippen molar-refractivity contribution in [2.24, 2.45) is 0 Å². The molecule has 1 rings (SSSR count). The van der Waals surface area contributed by atoms with E-state index < -0.39 is 8.17 Å². The molecule has 0 saturated carbocycles. The Balaban J connectivity index is 2.19. The number of hydrogen-bond donors (Lipinski definition) is 1. The maximum absolute atomic E-state index is 12.1. The number of likely N-dealkylation sites (N-methyl/N-ethyl adjacent to an activating group) is 1. The van der Waals surface area contributed by atoms with Crippen LogP contribution in [0.15, 0.2) is 43.0 Å². The fourth-order valence-electron chi connectivity index (χ4n) is 3.85. The molecule has 0 spiro atoms. The summed E-state index contributed by atoms with van der Waals surface area (Å²) in [6.45, 7) is 9.25. The predicted molar refractivity (Wildman–Crippen MR) is 130 cm³/mol. The topological polar surface area (TPSA) is 61.8 Å². The summed E-state index contributed by atoms with van der Waals surface area (Å²) < 4.78 is 11.1. The third-order valence-electron chi connectivity index (χ3n) is 5.68. The average Bonchev–Trinajstić information content (AvgIpc) is 2.73. The van der Waals surface area contributed by atoms with Crippen LogP contribution in [0.4, 0.5) is 0 Å². The molecule has 2 atom stereocenters. The molecule has 5 nitrogen and oxygen atoms in total. The Morgan fingerprint density at radius 2 is 1.48 bits per heavy atom. The molecule has 0 aliphatic rings. The Morgan fingerprint density at radius 3 is 2.06 bits per heavy atom. The summed E-state index contributed by atoms with van der Waals surface area (Å²) in [6.07, 6.45) is 16.0. The molecule has 1 aromatic rings. The van der Waals surface area contributed by atoms with Gasteiger partial charge in [0.25, 0.3) is 0 Å². The number of unbranched alkanes of at least 4 members (excludes halogenated alkanes) is 9. The number of phosphoric ester groups is 1. The van der Waals surface area contributed by atoms with Crippen LogP contribution >= 0.6 is 8.17 Å². The summed E-state index contributed by atoms with van der Waals surface area (Å²) in [6, 6.07) is 8.60. The summed E-state index contributed by atoms with van der Waals surface area (Å²) in [5, 5.41) is 0. The molecule has 0 aliphatic heterocycles. The van der Waals surface area contributed by atoms with Gasteiger partial charge < -0.3 is 9.38 Å². The summed E-state index contributed by atoms with van der Waals surface area (Å²) in [4.78, 5) is 22.0. The highest BCUT2D eigenvalue weighted by Crippen LogP contribution is 2.47. The van der Waals surface area contributed by atoms with Gasteiger partial charge in [0.15, 0.2) is 5.75 Å². The average molecular weight is 455 g/mol. The van der Waals surface area contributed by atoms with Gasteiger partial charge in [-0.05, 0) is 31.1 Å². The van der Waals surface area contributed by atoms with Gasteiger partial charge in [0, 0.05) is 6.42 Å². The smallest absolute Gasteiger partial charge is 0.426 e. The van der Waals surface area contributed by atoms with E-state index in [4.69, 9.17) is 9.05 Å². The third kappa shape index (κ3) is 14.7. The second kappa shape index (κ2) is 16.6. The third-order valence-corrected chi connectivity index (χ3v) is 6.63. The van der Waals surface area contributed by atoms with Crippen molar-refractivity contribution in [3.8, 4) is 5.75 Å². The highest BCUT2D eigenvalue weighted by atomic mass is 31.2. The molecule has 0 aromatic heterocycles. The first-order valence-corrected chi connectivity index (χ1v) is 13.6. The van der Waals surface area contributed by atoms with Gasteiger partial charge in [-0.2, -0.15) is 9.42 Å². The molecule has 0 bridgehead atoms. The van der Waals surface area contributed by atoms with Crippen LogP contribution < -0.4 is 9.42 Å². The van der Waals surface area contributed by atoms with Gasteiger partial charge in [0.1, 0.15) is 6.61 Å². The van der Waals surface area contributed by atoms with Crippen molar-refractivity contribution in [1.29, 1.82) is 0 Å². The number of hydrogen-bond acceptors (Lipinski definition) is 4. The van der Waals surface area contributed by atoms with Crippen molar-refractivity contribution >= 4 is 8.17 Å². The molecule has 6 heteroatoms. The Kier molecular flexibility index (Phi) is 15.1. The molecule has 0 amide bonds. The Labute approximate surface area is 191 Å². The van der Waals surface area contributed by atoms with Crippen LogP contribution in [0.3, 0.4) is 0 Å². The lowest BCUT2D eigenvalue weighted by atomic mass is 10.1. The molecule has 0 aliphatic carbocycles. The van der Waals surface area contributed by atoms with E-state index in [0.717, 1.165) is 24.1 Å². The minimum atomic E-state index is -4.09. The maximum atomic E-state index is 12.1. The first-order chi connectivity index (χ1) is 14.9. The standard InChI is InChI=1S/C25H44NO4P/c1-4-6-7-8-9-10-11-12-13-17-22-26(3,21-5-2)23-18-24-29-31(27,28)30-25-19-15-14-16-20-25/h5,14-16,19-20H,2,4,6-13,17-18,21-24H2,1,3H3/p+1. The van der Waals surface area contributed by atoms with Crippen LogP contribution in [0.2, 0.25) is 0 Å². The van der Waals surface area contributed by atoms with E-state index in [2.05, 4.69) is 20.6 Å². The van der Waals surface area contributed by atoms with E-state index in [0.29, 0.717) is 12.2 Å². The summed E-state index contributed by atoms with van der Waals surface area (Å²) in [5.41, 5.74) is 0. The summed E-state index contributed by atoms with van der Waals surface area (Å²) in [5.74, 6) is 0.335. The van der Waals surface area contributed by atoms with Crippen LogP contribution in [0.25, 0.3) is 0 Å². The van der Waals surface area contributed by atoms with Crippen LogP contribution in [-0.2, 0) is 4.52 Å². The first-order valence-electron chi connectivity index (χ1n) is 12.1. The van der Waals surface area contributed by atoms with E-state index in [9.17, 15) is 9.79 Å². The molecule has 0 saturated heterocycles. The zero-order chi connectivity index (χ0) is 22.8. The van der Waals surface area contributed by atoms with E-state index >= 15 is 0 Å². The van der Waals surface area contributed by atoms with Crippen molar-refractivity contribution in [3.05, 3.63) is 43.0 Å². The van der Waals surface area contributed by atoms with Gasteiger partial charge in [0.05, 0.1) is 26.7 Å². The zero-order valence-corrected chi connectivity index (χ0v) is 20.7. The second-order valence-corrected chi connectivity index (χ2v) is 10.2. The van der Waals surface area contributed by atoms with Gasteiger partial charge in [-0.25, -0.2) is 0 Å². The second-order valence-electron chi connectivity index (χ2n) is 8.78. The lowest BCUT2D eigenvalue weighted by Gasteiger charge is -2.34. The number of para-hydroxylation sites is 1. The minimum Gasteiger partial charge on any atom is -0.598 e. The van der Waals surface area contributed by atoms with Crippen molar-refractivity contribution in [2.75, 3.05) is 33.3 Å². The van der Waals surface area contributed by atoms with Gasteiger partial charge in [0.2, 0.25) is 0 Å². The number of benzene rings is 1. The summed E-state index contributed by atoms with van der Waals surface area (Å²) in [7, 11) is -1.85. The number of quaternary nitrogens is 1. The zero-order valence-electron chi connectivity index (χ0n) is 19.8. The van der Waals surface area contributed by atoms with Crippen molar-refractivity contribution in [2.45, 2.75) is 77.6 Å². The lowest BCUT2D eigenvalue weighted by molar-refractivity contribution is -0.904. The SMILES string of the molecule is C=CC[N+](C)(CCCCCCCCCCCC)CCCO[P+]([O-])(O)Oc1ccccc1. The van der Waals surface area contributed by atoms with Gasteiger partial charge in [-0.3, -0.25) is 4.52 Å². The number of phosphoric acid groups is 1. The lowest BCUT2D eigenvalue weighted by Crippen LogP contribution is -2.46. The largest absolute Gasteiger partial charge is 0.598 e. The molecule has 0 fully saturated rings. The van der Waals surface area contributed by atoms with Gasteiger partial charge >= 0.3 is 8.17 Å². The normalized spacial score (nSPS) is 15.2. The molecular formula is C25H45NO4P+. The van der Waals surface area contributed by atoms with Gasteiger partial charge in [-0.1, -0.05) is 83.1 Å². The minimum absolute atomic E-state index is 0.198. The van der Waals surface area contributed by atoms with Crippen LogP contribution in [-0.4, -0.2) is 42.7 Å². The molecule has 0 radical (unpaired) electrons. The Morgan fingerprint density at radius 1 is 0.935 bits per heavy atom. The molecule has 31 heavy (non-hydrogen) atoms. The fourth-order valence-corrected chi connectivity index (χ4v) is 4.65. The number of rotatable bonds is 20. The molecular weight excluding hydrogens is 409 g/mol. The van der Waals surface area contributed by atoms with Crippen molar-refractivity contribution in [3.63, 3.8) is 0 Å². The highest BCUT2D eigenvalue weighted by molar-refractivity contribution is 7.53. The molecule has 2 unspecified atom stereocenters. The summed E-state index contributed by atoms with van der Waals surface area (Å²) >= 11 is 0. The number of nitrogens with zero attached hydrogens (tertiary/aromatic N) is 1. The van der Waals surface area contributed by atoms with Gasteiger partial charge in [-0.15, -0.1) is 0 Å². The van der Waals surface area contributed by atoms with E-state index in [-0.39, 0.29) is 6.61 Å². The Bertz CT molecular complexity index is 570. The monoisotopic (exact) mass is 454 g/mol. The molecule has 0 heterocycles. The Hall–Kier alpha value is -0.970. The molecule has 1 N–H and O–H groups in total. The quantitative estimate of drug-likeness (QED) is 0.113. The van der Waals surface area contributed by atoms with Crippen LogP contribution in [0, 0.1) is 0 Å². The van der Waals surface area contributed by atoms with Crippen molar-refractivity contribution < 1.29 is 23.3 Å². The maximum Gasteiger partial charge on any atom is 0.426 e.